The summed E-state index contributed by atoms with van der Waals surface area (Å²) in [7, 11) is 1.85. The third-order valence-corrected chi connectivity index (χ3v) is 5.59. The minimum Gasteiger partial charge on any atom is -0.355 e. The Kier molecular flexibility index (Phi) is 9.10. The van der Waals surface area contributed by atoms with Gasteiger partial charge in [-0.2, -0.15) is 0 Å². The molecule has 3 rings (SSSR count). The largest absolute Gasteiger partial charge is 0.355 e. The molecule has 1 aromatic heterocycles. The highest BCUT2D eigenvalue weighted by Gasteiger charge is 2.27. The van der Waals surface area contributed by atoms with Crippen LogP contribution in [-0.2, 0) is 13.0 Å². The molecule has 148 valence electrons. The lowest BCUT2D eigenvalue weighted by Gasteiger charge is -2.36. The first kappa shape index (κ1) is 21.4. The van der Waals surface area contributed by atoms with Gasteiger partial charge in [0.1, 0.15) is 12.2 Å². The van der Waals surface area contributed by atoms with Gasteiger partial charge in [-0.05, 0) is 25.7 Å². The Hall–Kier alpha value is -0.900. The number of piperidine rings is 1. The first-order valence-electron chi connectivity index (χ1n) is 9.88. The molecule has 1 saturated heterocycles. The third-order valence-electron chi connectivity index (χ3n) is 5.59. The predicted molar refractivity (Wildman–Crippen MR) is 116 cm³/mol. The normalized spacial score (nSPS) is 20.2. The molecule has 0 unspecified atom stereocenters. The number of aromatic nitrogens is 3. The van der Waals surface area contributed by atoms with Gasteiger partial charge in [-0.1, -0.05) is 19.8 Å². The first-order chi connectivity index (χ1) is 12.3. The van der Waals surface area contributed by atoms with Gasteiger partial charge < -0.3 is 20.1 Å². The molecule has 1 aromatic rings. The highest BCUT2D eigenvalue weighted by atomic mass is 127. The molecular formula is C18H34IN7. The number of rotatable bonds is 6. The number of halogens is 1. The van der Waals surface area contributed by atoms with E-state index in [0.29, 0.717) is 6.04 Å². The molecule has 0 bridgehead atoms. The van der Waals surface area contributed by atoms with E-state index in [2.05, 4.69) is 42.2 Å². The van der Waals surface area contributed by atoms with Gasteiger partial charge in [0.15, 0.2) is 5.96 Å². The van der Waals surface area contributed by atoms with Gasteiger partial charge in [0.2, 0.25) is 0 Å². The molecule has 1 saturated carbocycles. The quantitative estimate of drug-likeness (QED) is 0.375. The van der Waals surface area contributed by atoms with Crippen LogP contribution in [0.15, 0.2) is 11.3 Å². The summed E-state index contributed by atoms with van der Waals surface area (Å²) in [5.74, 6) is 1.94. The molecular weight excluding hydrogens is 441 g/mol. The van der Waals surface area contributed by atoms with E-state index in [-0.39, 0.29) is 24.0 Å². The Balaban J connectivity index is 0.00000243. The lowest BCUT2D eigenvalue weighted by atomic mass is 10.0. The number of guanidine groups is 1. The second kappa shape index (κ2) is 11.1. The summed E-state index contributed by atoms with van der Waals surface area (Å²) in [6.45, 7) is 6.23. The highest BCUT2D eigenvalue weighted by molar-refractivity contribution is 14.0. The van der Waals surface area contributed by atoms with Crippen molar-refractivity contribution in [1.82, 2.24) is 30.3 Å². The average Bonchev–Trinajstić information content (AvgIpc) is 3.33. The number of likely N-dealkylation sites (tertiary alicyclic amines) is 1. The van der Waals surface area contributed by atoms with Crippen molar-refractivity contribution >= 4 is 29.9 Å². The maximum Gasteiger partial charge on any atom is 0.191 e. The highest BCUT2D eigenvalue weighted by Crippen LogP contribution is 2.26. The maximum absolute atomic E-state index is 4.38. The van der Waals surface area contributed by atoms with Crippen LogP contribution >= 0.6 is 24.0 Å². The third kappa shape index (κ3) is 5.80. The van der Waals surface area contributed by atoms with Crippen LogP contribution in [0.5, 0.6) is 0 Å². The van der Waals surface area contributed by atoms with Crippen molar-refractivity contribution in [3.63, 3.8) is 0 Å². The van der Waals surface area contributed by atoms with Crippen LogP contribution in [0, 0.1) is 0 Å². The molecule has 2 fully saturated rings. The van der Waals surface area contributed by atoms with E-state index in [1.54, 1.807) is 6.33 Å². The molecule has 0 aromatic carbocycles. The Bertz CT molecular complexity index is 545. The summed E-state index contributed by atoms with van der Waals surface area (Å²) in [4.78, 5) is 7.09. The molecule has 1 aliphatic carbocycles. The Morgan fingerprint density at radius 2 is 1.96 bits per heavy atom. The Morgan fingerprint density at radius 1 is 1.23 bits per heavy atom. The van der Waals surface area contributed by atoms with Crippen molar-refractivity contribution in [3.05, 3.63) is 12.2 Å². The molecule has 0 spiro atoms. The van der Waals surface area contributed by atoms with Crippen molar-refractivity contribution in [2.24, 2.45) is 4.99 Å². The van der Waals surface area contributed by atoms with Crippen LogP contribution in [0.3, 0.4) is 0 Å². The topological polar surface area (TPSA) is 70.4 Å². The fourth-order valence-electron chi connectivity index (χ4n) is 4.10. The number of aryl methyl sites for hydroxylation is 1. The summed E-state index contributed by atoms with van der Waals surface area (Å²) in [5, 5.41) is 15.1. The fourth-order valence-corrected chi connectivity index (χ4v) is 4.10. The van der Waals surface area contributed by atoms with Crippen LogP contribution in [0.2, 0.25) is 0 Å². The summed E-state index contributed by atoms with van der Waals surface area (Å²) in [6.07, 6.45) is 10.8. The van der Waals surface area contributed by atoms with Crippen LogP contribution in [0.4, 0.5) is 0 Å². The van der Waals surface area contributed by atoms with Crippen LogP contribution in [-0.4, -0.2) is 64.4 Å². The minimum absolute atomic E-state index is 0. The van der Waals surface area contributed by atoms with E-state index in [0.717, 1.165) is 37.3 Å². The van der Waals surface area contributed by atoms with Crippen LogP contribution in [0.1, 0.15) is 51.3 Å². The molecule has 0 radical (unpaired) electrons. The molecule has 0 atom stereocenters. The number of nitrogens with one attached hydrogen (secondary N) is 2. The van der Waals surface area contributed by atoms with Gasteiger partial charge >= 0.3 is 0 Å². The number of hydrogen-bond acceptors (Lipinski definition) is 4. The van der Waals surface area contributed by atoms with E-state index in [1.165, 1.54) is 51.6 Å². The smallest absolute Gasteiger partial charge is 0.191 e. The zero-order valence-electron chi connectivity index (χ0n) is 16.2. The molecule has 2 N–H and O–H groups in total. The first-order valence-corrected chi connectivity index (χ1v) is 9.88. The minimum atomic E-state index is 0. The van der Waals surface area contributed by atoms with E-state index >= 15 is 0 Å². The zero-order chi connectivity index (χ0) is 17.5. The number of aliphatic imine (C=N–C) groups is 1. The summed E-state index contributed by atoms with van der Waals surface area (Å²) >= 11 is 0. The Labute approximate surface area is 174 Å². The fraction of sp³-hybridized carbons (Fsp3) is 0.833. The van der Waals surface area contributed by atoms with Gasteiger partial charge in [-0.3, -0.25) is 4.99 Å². The molecule has 8 heteroatoms. The zero-order valence-corrected chi connectivity index (χ0v) is 18.5. The number of nitrogens with zero attached hydrogens (tertiary/aromatic N) is 5. The molecule has 26 heavy (non-hydrogen) atoms. The Morgan fingerprint density at radius 3 is 2.62 bits per heavy atom. The van der Waals surface area contributed by atoms with Gasteiger partial charge in [0.25, 0.3) is 0 Å². The summed E-state index contributed by atoms with van der Waals surface area (Å²) in [6, 6.07) is 1.39. The van der Waals surface area contributed by atoms with Gasteiger partial charge in [0, 0.05) is 51.7 Å². The summed E-state index contributed by atoms with van der Waals surface area (Å²) < 4.78 is 2.10. The molecule has 2 aliphatic rings. The molecule has 0 amide bonds. The van der Waals surface area contributed by atoms with Crippen molar-refractivity contribution in [2.45, 2.75) is 70.5 Å². The SMILES string of the molecule is CCc1nncn1CCNC(=NC)NC1CCN(C2CCCC2)CC1.I. The second-order valence-electron chi connectivity index (χ2n) is 7.19. The van der Waals surface area contributed by atoms with E-state index in [4.69, 9.17) is 0 Å². The van der Waals surface area contributed by atoms with Gasteiger partial charge in [0.05, 0.1) is 0 Å². The van der Waals surface area contributed by atoms with Gasteiger partial charge in [-0.15, -0.1) is 34.2 Å². The monoisotopic (exact) mass is 475 g/mol. The second-order valence-corrected chi connectivity index (χ2v) is 7.19. The van der Waals surface area contributed by atoms with E-state index < -0.39 is 0 Å². The van der Waals surface area contributed by atoms with Crippen molar-refractivity contribution < 1.29 is 0 Å². The van der Waals surface area contributed by atoms with Crippen molar-refractivity contribution in [1.29, 1.82) is 0 Å². The lowest BCUT2D eigenvalue weighted by Crippen LogP contribution is -2.50. The predicted octanol–water partition coefficient (Wildman–Crippen LogP) is 2.03. The molecule has 7 nitrogen and oxygen atoms in total. The van der Waals surface area contributed by atoms with E-state index in [9.17, 15) is 0 Å². The average molecular weight is 475 g/mol. The lowest BCUT2D eigenvalue weighted by molar-refractivity contribution is 0.150. The maximum atomic E-state index is 4.38. The molecule has 2 heterocycles. The van der Waals surface area contributed by atoms with Crippen LogP contribution < -0.4 is 10.6 Å². The van der Waals surface area contributed by atoms with E-state index in [1.807, 2.05) is 7.05 Å². The number of hydrogen-bond donors (Lipinski definition) is 2. The standard InChI is InChI=1S/C18H33N7.HI/c1-3-17-23-21-14-25(17)13-10-20-18(19-2)22-15-8-11-24(12-9-15)16-6-4-5-7-16;/h14-16H,3-13H2,1-2H3,(H2,19,20,22);1H. The van der Waals surface area contributed by atoms with Crippen molar-refractivity contribution in [3.8, 4) is 0 Å². The summed E-state index contributed by atoms with van der Waals surface area (Å²) in [5.41, 5.74) is 0. The van der Waals surface area contributed by atoms with Crippen LogP contribution in [0.25, 0.3) is 0 Å². The van der Waals surface area contributed by atoms with Crippen molar-refractivity contribution in [2.75, 3.05) is 26.7 Å². The molecule has 1 aliphatic heterocycles. The van der Waals surface area contributed by atoms with Gasteiger partial charge in [-0.25, -0.2) is 0 Å².